The van der Waals surface area contributed by atoms with Gasteiger partial charge in [0.25, 0.3) is 5.91 Å². The minimum atomic E-state index is -0.284. The van der Waals surface area contributed by atoms with Gasteiger partial charge >= 0.3 is 0 Å². The molecular weight excluding hydrogens is 368 g/mol. The molecule has 1 heterocycles. The Morgan fingerprint density at radius 2 is 1.31 bits per heavy atom. The first-order valence-corrected chi connectivity index (χ1v) is 8.96. The molecule has 8 heteroatoms. The molecule has 2 amide bonds. The molecule has 0 aliphatic rings. The van der Waals surface area contributed by atoms with Crippen LogP contribution in [-0.4, -0.2) is 35.9 Å². The van der Waals surface area contributed by atoms with Gasteiger partial charge in [0.05, 0.1) is 5.56 Å². The summed E-state index contributed by atoms with van der Waals surface area (Å²) in [4.78, 5) is 33.8. The van der Waals surface area contributed by atoms with E-state index in [0.717, 1.165) is 11.4 Å². The third-order valence-corrected chi connectivity index (χ3v) is 4.02. The Balaban J connectivity index is 1.60. The van der Waals surface area contributed by atoms with Crippen LogP contribution in [0.1, 0.15) is 17.3 Å². The van der Waals surface area contributed by atoms with Crippen LogP contribution in [0.4, 0.5) is 28.7 Å². The monoisotopic (exact) mass is 390 g/mol. The molecule has 1 aromatic heterocycles. The Kier molecular flexibility index (Phi) is 6.03. The fourth-order valence-corrected chi connectivity index (χ4v) is 2.53. The first-order valence-electron chi connectivity index (χ1n) is 8.96. The first-order chi connectivity index (χ1) is 13.9. The second-order valence-corrected chi connectivity index (χ2v) is 6.57. The summed E-state index contributed by atoms with van der Waals surface area (Å²) in [5.74, 6) is -0.0467. The van der Waals surface area contributed by atoms with Gasteiger partial charge in [0.2, 0.25) is 11.9 Å². The molecular formula is C21H22N6O2. The molecule has 8 nitrogen and oxygen atoms in total. The number of carbonyl (C=O) groups is 2. The SMILES string of the molecule is CC(=O)Nc1ccc(Nc2ncc(C(=O)Nc3ccc(N(C)C)cc3)cn2)cc1. The first kappa shape index (κ1) is 19.8. The van der Waals surface area contributed by atoms with Gasteiger partial charge in [0.15, 0.2) is 0 Å². The van der Waals surface area contributed by atoms with Crippen molar-refractivity contribution in [1.82, 2.24) is 9.97 Å². The third-order valence-electron chi connectivity index (χ3n) is 4.02. The number of nitrogens with one attached hydrogen (secondary N) is 3. The summed E-state index contributed by atoms with van der Waals surface area (Å²) in [7, 11) is 3.91. The number of aromatic nitrogens is 2. The van der Waals surface area contributed by atoms with Gasteiger partial charge in [-0.05, 0) is 48.5 Å². The van der Waals surface area contributed by atoms with E-state index in [1.807, 2.05) is 43.3 Å². The van der Waals surface area contributed by atoms with Gasteiger partial charge in [0, 0.05) is 56.2 Å². The van der Waals surface area contributed by atoms with Crippen LogP contribution >= 0.6 is 0 Å². The van der Waals surface area contributed by atoms with Crippen molar-refractivity contribution in [3.8, 4) is 0 Å². The summed E-state index contributed by atoms with van der Waals surface area (Å²) in [6, 6.07) is 14.7. The van der Waals surface area contributed by atoms with Crippen molar-refractivity contribution in [2.45, 2.75) is 6.92 Å². The molecule has 0 fully saturated rings. The van der Waals surface area contributed by atoms with Gasteiger partial charge in [-0.15, -0.1) is 0 Å². The largest absolute Gasteiger partial charge is 0.378 e. The maximum atomic E-state index is 12.4. The predicted molar refractivity (Wildman–Crippen MR) is 115 cm³/mol. The Bertz CT molecular complexity index is 983. The highest BCUT2D eigenvalue weighted by molar-refractivity contribution is 6.04. The van der Waals surface area contributed by atoms with Gasteiger partial charge in [-0.1, -0.05) is 0 Å². The zero-order valence-corrected chi connectivity index (χ0v) is 16.4. The van der Waals surface area contributed by atoms with Crippen molar-refractivity contribution in [2.75, 3.05) is 34.9 Å². The number of hydrogen-bond donors (Lipinski definition) is 3. The second-order valence-electron chi connectivity index (χ2n) is 6.57. The fraction of sp³-hybridized carbons (Fsp3) is 0.143. The van der Waals surface area contributed by atoms with Crippen LogP contribution in [0.2, 0.25) is 0 Å². The second kappa shape index (κ2) is 8.83. The molecule has 0 saturated carbocycles. The van der Waals surface area contributed by atoms with E-state index in [9.17, 15) is 9.59 Å². The van der Waals surface area contributed by atoms with E-state index in [1.165, 1.54) is 19.3 Å². The molecule has 0 radical (unpaired) electrons. The molecule has 3 N–H and O–H groups in total. The van der Waals surface area contributed by atoms with Gasteiger partial charge in [0.1, 0.15) is 0 Å². The number of benzene rings is 2. The lowest BCUT2D eigenvalue weighted by molar-refractivity contribution is -0.114. The van der Waals surface area contributed by atoms with Crippen LogP contribution in [-0.2, 0) is 4.79 Å². The average Bonchev–Trinajstić information content (AvgIpc) is 2.70. The zero-order chi connectivity index (χ0) is 20.8. The maximum absolute atomic E-state index is 12.4. The van der Waals surface area contributed by atoms with E-state index in [0.29, 0.717) is 22.9 Å². The van der Waals surface area contributed by atoms with Crippen LogP contribution in [0.5, 0.6) is 0 Å². The Morgan fingerprint density at radius 1 is 0.793 bits per heavy atom. The van der Waals surface area contributed by atoms with Crippen molar-refractivity contribution in [1.29, 1.82) is 0 Å². The zero-order valence-electron chi connectivity index (χ0n) is 16.4. The molecule has 148 valence electrons. The van der Waals surface area contributed by atoms with Crippen LogP contribution in [0.3, 0.4) is 0 Å². The summed E-state index contributed by atoms with van der Waals surface area (Å²) in [5, 5.41) is 8.57. The average molecular weight is 390 g/mol. The molecule has 0 atom stereocenters. The van der Waals surface area contributed by atoms with E-state index in [2.05, 4.69) is 25.9 Å². The number of carbonyl (C=O) groups excluding carboxylic acids is 2. The summed E-state index contributed by atoms with van der Waals surface area (Å²) in [5.41, 5.74) is 3.56. The smallest absolute Gasteiger partial charge is 0.258 e. The minimum absolute atomic E-state index is 0.128. The van der Waals surface area contributed by atoms with Crippen molar-refractivity contribution in [3.05, 3.63) is 66.5 Å². The topological polar surface area (TPSA) is 99.2 Å². The fourth-order valence-electron chi connectivity index (χ4n) is 2.53. The molecule has 0 aliphatic carbocycles. The Morgan fingerprint density at radius 3 is 1.86 bits per heavy atom. The lowest BCUT2D eigenvalue weighted by Gasteiger charge is -2.13. The van der Waals surface area contributed by atoms with Crippen molar-refractivity contribution in [2.24, 2.45) is 0 Å². The lowest BCUT2D eigenvalue weighted by Crippen LogP contribution is -2.13. The van der Waals surface area contributed by atoms with Crippen LogP contribution < -0.4 is 20.9 Å². The molecule has 0 spiro atoms. The maximum Gasteiger partial charge on any atom is 0.258 e. The third kappa shape index (κ3) is 5.52. The number of nitrogens with zero attached hydrogens (tertiary/aromatic N) is 3. The molecule has 0 saturated heterocycles. The summed E-state index contributed by atoms with van der Waals surface area (Å²) < 4.78 is 0. The summed E-state index contributed by atoms with van der Waals surface area (Å²) in [6.07, 6.45) is 2.93. The van der Waals surface area contributed by atoms with E-state index in [4.69, 9.17) is 0 Å². The predicted octanol–water partition coefficient (Wildman–Crippen LogP) is 3.50. The van der Waals surface area contributed by atoms with Gasteiger partial charge < -0.3 is 20.9 Å². The highest BCUT2D eigenvalue weighted by Gasteiger charge is 2.08. The summed E-state index contributed by atoms with van der Waals surface area (Å²) >= 11 is 0. The summed E-state index contributed by atoms with van der Waals surface area (Å²) in [6.45, 7) is 1.45. The van der Waals surface area contributed by atoms with Crippen molar-refractivity contribution >= 4 is 40.5 Å². The molecule has 3 aromatic rings. The molecule has 0 unspecified atom stereocenters. The Labute approximate surface area is 169 Å². The van der Waals surface area contributed by atoms with Crippen molar-refractivity contribution in [3.63, 3.8) is 0 Å². The molecule has 29 heavy (non-hydrogen) atoms. The lowest BCUT2D eigenvalue weighted by atomic mass is 10.2. The van der Waals surface area contributed by atoms with E-state index in [-0.39, 0.29) is 11.8 Å². The number of rotatable bonds is 6. The number of anilines is 5. The highest BCUT2D eigenvalue weighted by atomic mass is 16.2. The van der Waals surface area contributed by atoms with Crippen LogP contribution in [0, 0.1) is 0 Å². The van der Waals surface area contributed by atoms with Crippen LogP contribution in [0.25, 0.3) is 0 Å². The van der Waals surface area contributed by atoms with Gasteiger partial charge in [-0.3, -0.25) is 9.59 Å². The molecule has 2 aromatic carbocycles. The quantitative estimate of drug-likeness (QED) is 0.596. The van der Waals surface area contributed by atoms with Gasteiger partial charge in [-0.2, -0.15) is 0 Å². The van der Waals surface area contributed by atoms with Gasteiger partial charge in [-0.25, -0.2) is 9.97 Å². The standard InChI is InChI=1S/C21H22N6O2/c1-14(28)24-16-4-6-18(7-5-16)26-21-22-12-15(13-23-21)20(29)25-17-8-10-19(11-9-17)27(2)3/h4-13H,1-3H3,(H,24,28)(H,25,29)(H,22,23,26). The van der Waals surface area contributed by atoms with Crippen LogP contribution in [0.15, 0.2) is 60.9 Å². The molecule has 3 rings (SSSR count). The molecule has 0 aliphatic heterocycles. The highest BCUT2D eigenvalue weighted by Crippen LogP contribution is 2.18. The van der Waals surface area contributed by atoms with E-state index in [1.54, 1.807) is 24.3 Å². The molecule has 0 bridgehead atoms. The Hall–Kier alpha value is -3.94. The number of hydrogen-bond acceptors (Lipinski definition) is 6. The number of amides is 2. The van der Waals surface area contributed by atoms with Crippen molar-refractivity contribution < 1.29 is 9.59 Å². The normalized spacial score (nSPS) is 10.2. The van der Waals surface area contributed by atoms with E-state index >= 15 is 0 Å². The minimum Gasteiger partial charge on any atom is -0.378 e. The van der Waals surface area contributed by atoms with E-state index < -0.39 is 0 Å².